The van der Waals surface area contributed by atoms with E-state index < -0.39 is 21.2 Å². The molecule has 2 aromatic carbocycles. The third kappa shape index (κ3) is 11.6. The Hall–Kier alpha value is -2.32. The van der Waals surface area contributed by atoms with Gasteiger partial charge in [-0.05, 0) is 49.3 Å². The topological polar surface area (TPSA) is 89.5 Å². The zero-order valence-electron chi connectivity index (χ0n) is 21.6. The number of thioether (sulfide) groups is 1. The summed E-state index contributed by atoms with van der Waals surface area (Å²) in [4.78, 5) is 24.5. The molecule has 0 aliphatic carbocycles. The highest BCUT2D eigenvalue weighted by atomic mass is 32.2. The van der Waals surface area contributed by atoms with E-state index >= 15 is 0 Å². The quantitative estimate of drug-likeness (QED) is 0.223. The summed E-state index contributed by atoms with van der Waals surface area (Å²) in [6, 6.07) is 18.5. The van der Waals surface area contributed by atoms with Crippen LogP contribution >= 0.6 is 11.8 Å². The van der Waals surface area contributed by atoms with Crippen molar-refractivity contribution in [2.75, 3.05) is 13.4 Å². The molecule has 0 fully saturated rings. The lowest BCUT2D eigenvalue weighted by Gasteiger charge is -2.22. The number of aryl methyl sites for hydroxylation is 2. The predicted octanol–water partition coefficient (Wildman–Crippen LogP) is 5.61. The van der Waals surface area contributed by atoms with E-state index in [1.165, 1.54) is 50.1 Å². The van der Waals surface area contributed by atoms with Gasteiger partial charge in [-0.1, -0.05) is 80.3 Å². The number of sulfonamides is 1. The Bertz CT molecular complexity index is 1060. The number of unbranched alkanes of at least 4 members (excludes halogenated alkanes) is 5. The summed E-state index contributed by atoms with van der Waals surface area (Å²) in [5.41, 5.74) is 3.49. The number of rotatable bonds is 16. The monoisotopic (exact) mass is 533 g/mol. The average molecular weight is 534 g/mol. The Morgan fingerprint density at radius 2 is 1.47 bits per heavy atom. The van der Waals surface area contributed by atoms with Crippen LogP contribution in [0.25, 0.3) is 0 Å². The highest BCUT2D eigenvalue weighted by Crippen LogP contribution is 2.38. The number of nitrogens with one attached hydrogen (secondary N) is 1. The fourth-order valence-corrected chi connectivity index (χ4v) is 6.01. The molecule has 0 aliphatic heterocycles. The summed E-state index contributed by atoms with van der Waals surface area (Å²) in [6.45, 7) is 1.73. The SMILES string of the molecule is COC(=O)C(C)SC(CC(=O)NS(C)(=O)=O)c1ccccc1CCCCCCCCc1ccccc1. The number of benzene rings is 2. The summed E-state index contributed by atoms with van der Waals surface area (Å²) in [6.07, 6.45) is 9.92. The van der Waals surface area contributed by atoms with Crippen molar-refractivity contribution in [2.24, 2.45) is 0 Å². The maximum absolute atomic E-state index is 12.4. The van der Waals surface area contributed by atoms with Crippen molar-refractivity contribution in [2.45, 2.75) is 75.2 Å². The zero-order chi connectivity index (χ0) is 26.4. The van der Waals surface area contributed by atoms with Crippen molar-refractivity contribution in [3.8, 4) is 0 Å². The lowest BCUT2D eigenvalue weighted by molar-refractivity contribution is -0.139. The molecule has 2 unspecified atom stereocenters. The zero-order valence-corrected chi connectivity index (χ0v) is 23.2. The van der Waals surface area contributed by atoms with E-state index in [-0.39, 0.29) is 17.6 Å². The number of carbonyl (C=O) groups is 2. The van der Waals surface area contributed by atoms with Crippen molar-refractivity contribution in [1.82, 2.24) is 4.72 Å². The number of methoxy groups -OCH3 is 1. The van der Waals surface area contributed by atoms with Crippen LogP contribution in [0, 0.1) is 0 Å². The normalized spacial score (nSPS) is 13.1. The number of carbonyl (C=O) groups excluding carboxylic acids is 2. The molecule has 2 aromatic rings. The van der Waals surface area contributed by atoms with Crippen LogP contribution in [0.15, 0.2) is 54.6 Å². The molecular formula is C28H39NO5S2. The van der Waals surface area contributed by atoms with E-state index in [0.29, 0.717) is 0 Å². The van der Waals surface area contributed by atoms with Gasteiger partial charge >= 0.3 is 5.97 Å². The van der Waals surface area contributed by atoms with Gasteiger partial charge in [0.05, 0.1) is 13.4 Å². The summed E-state index contributed by atoms with van der Waals surface area (Å²) in [5.74, 6) is -0.962. The van der Waals surface area contributed by atoms with Gasteiger partial charge in [-0.3, -0.25) is 14.3 Å². The first-order chi connectivity index (χ1) is 17.2. The molecule has 2 atom stereocenters. The van der Waals surface area contributed by atoms with Gasteiger partial charge in [0.2, 0.25) is 15.9 Å². The van der Waals surface area contributed by atoms with E-state index in [9.17, 15) is 18.0 Å². The Labute approximate surface area is 220 Å². The van der Waals surface area contributed by atoms with Crippen LogP contribution in [0.1, 0.15) is 73.8 Å². The molecule has 0 heterocycles. The summed E-state index contributed by atoms with van der Waals surface area (Å²) in [5, 5.41) is -0.856. The van der Waals surface area contributed by atoms with Crippen LogP contribution in [0.3, 0.4) is 0 Å². The first-order valence-corrected chi connectivity index (χ1v) is 15.4. The van der Waals surface area contributed by atoms with Gasteiger partial charge in [0, 0.05) is 11.7 Å². The minimum Gasteiger partial charge on any atom is -0.468 e. The summed E-state index contributed by atoms with van der Waals surface area (Å²) in [7, 11) is -2.32. The molecule has 0 saturated heterocycles. The van der Waals surface area contributed by atoms with Crippen LogP contribution in [0.2, 0.25) is 0 Å². The predicted molar refractivity (Wildman–Crippen MR) is 147 cm³/mol. The molecular weight excluding hydrogens is 494 g/mol. The molecule has 0 aliphatic rings. The minimum atomic E-state index is -3.65. The first kappa shape index (κ1) is 29.9. The molecule has 2 rings (SSSR count). The molecule has 0 bridgehead atoms. The summed E-state index contributed by atoms with van der Waals surface area (Å²) >= 11 is 1.32. The van der Waals surface area contributed by atoms with E-state index in [1.54, 1.807) is 6.92 Å². The highest BCUT2D eigenvalue weighted by Gasteiger charge is 2.26. The third-order valence-electron chi connectivity index (χ3n) is 5.98. The van der Waals surface area contributed by atoms with Gasteiger partial charge in [0.25, 0.3) is 0 Å². The standard InChI is InChI=1S/C28H39NO5S2/c1-22(28(31)34-2)35-26(21-27(30)29-36(3,32)33)25-20-14-13-19-24(25)18-12-7-5-4-6-9-15-23-16-10-8-11-17-23/h8,10-11,13-14,16-17,19-20,22,26H,4-7,9,12,15,18,21H2,1-3H3,(H,29,30). The molecule has 0 aromatic heterocycles. The molecule has 1 N–H and O–H groups in total. The second-order valence-corrected chi connectivity index (χ2v) is 12.4. The van der Waals surface area contributed by atoms with E-state index in [4.69, 9.17) is 4.74 Å². The van der Waals surface area contributed by atoms with Gasteiger partial charge in [-0.2, -0.15) is 0 Å². The number of hydrogen-bond donors (Lipinski definition) is 1. The molecule has 8 heteroatoms. The van der Waals surface area contributed by atoms with Gasteiger partial charge < -0.3 is 4.74 Å². The molecule has 0 saturated carbocycles. The lowest BCUT2D eigenvalue weighted by Crippen LogP contribution is -2.30. The van der Waals surface area contributed by atoms with Crippen molar-refractivity contribution < 1.29 is 22.7 Å². The third-order valence-corrected chi connectivity index (χ3v) is 7.93. The fraction of sp³-hybridized carbons (Fsp3) is 0.500. The Morgan fingerprint density at radius 3 is 2.11 bits per heavy atom. The van der Waals surface area contributed by atoms with Gasteiger partial charge in [-0.15, -0.1) is 11.8 Å². The van der Waals surface area contributed by atoms with Crippen LogP contribution in [-0.4, -0.2) is 38.9 Å². The van der Waals surface area contributed by atoms with Crippen LogP contribution in [0.5, 0.6) is 0 Å². The Balaban J connectivity index is 1.91. The summed E-state index contributed by atoms with van der Waals surface area (Å²) < 4.78 is 30.0. The average Bonchev–Trinajstić information content (AvgIpc) is 2.84. The molecule has 6 nitrogen and oxygen atoms in total. The van der Waals surface area contributed by atoms with Gasteiger partial charge in [0.15, 0.2) is 0 Å². The number of ether oxygens (including phenoxy) is 1. The van der Waals surface area contributed by atoms with E-state index in [0.717, 1.165) is 43.1 Å². The number of esters is 1. The Kier molecular flexibility index (Phi) is 13.1. The second kappa shape index (κ2) is 15.7. The minimum absolute atomic E-state index is 0.0441. The van der Waals surface area contributed by atoms with E-state index in [1.807, 2.05) is 29.0 Å². The van der Waals surface area contributed by atoms with Crippen molar-refractivity contribution in [3.05, 3.63) is 71.3 Å². The number of hydrogen-bond acceptors (Lipinski definition) is 6. The Morgan fingerprint density at radius 1 is 0.889 bits per heavy atom. The molecule has 0 spiro atoms. The molecule has 36 heavy (non-hydrogen) atoms. The first-order valence-electron chi connectivity index (χ1n) is 12.5. The largest absolute Gasteiger partial charge is 0.468 e. The number of amides is 1. The molecule has 0 radical (unpaired) electrons. The smallest absolute Gasteiger partial charge is 0.318 e. The fourth-order valence-electron chi connectivity index (χ4n) is 4.19. The van der Waals surface area contributed by atoms with Crippen LogP contribution in [-0.2, 0) is 37.2 Å². The highest BCUT2D eigenvalue weighted by molar-refractivity contribution is 8.00. The van der Waals surface area contributed by atoms with Gasteiger partial charge in [0.1, 0.15) is 5.25 Å². The van der Waals surface area contributed by atoms with Crippen LogP contribution < -0.4 is 4.72 Å². The lowest BCUT2D eigenvalue weighted by atomic mass is 9.97. The van der Waals surface area contributed by atoms with Crippen LogP contribution in [0.4, 0.5) is 0 Å². The molecule has 1 amide bonds. The van der Waals surface area contributed by atoms with Gasteiger partial charge in [-0.25, -0.2) is 8.42 Å². The van der Waals surface area contributed by atoms with Crippen molar-refractivity contribution in [1.29, 1.82) is 0 Å². The van der Waals surface area contributed by atoms with Crippen molar-refractivity contribution in [3.63, 3.8) is 0 Å². The maximum Gasteiger partial charge on any atom is 0.318 e. The second-order valence-electron chi connectivity index (χ2n) is 9.10. The van der Waals surface area contributed by atoms with Crippen molar-refractivity contribution >= 4 is 33.7 Å². The molecule has 198 valence electrons. The maximum atomic E-state index is 12.4. The van der Waals surface area contributed by atoms with E-state index in [2.05, 4.69) is 30.3 Å².